The molecule has 25 heavy (non-hydrogen) atoms. The van der Waals surface area contributed by atoms with E-state index in [1.807, 2.05) is 0 Å². The Balaban J connectivity index is 1.51. The van der Waals surface area contributed by atoms with E-state index in [0.29, 0.717) is 12.5 Å². The molecule has 2 fully saturated rings. The van der Waals surface area contributed by atoms with E-state index in [4.69, 9.17) is 9.31 Å². The molecule has 138 valence electrons. The molecule has 1 aromatic carbocycles. The summed E-state index contributed by atoms with van der Waals surface area (Å²) in [6, 6.07) is 8.66. The van der Waals surface area contributed by atoms with Gasteiger partial charge in [0.1, 0.15) is 0 Å². The number of hydrogen-bond donors (Lipinski definition) is 1. The number of hydrogen-bond acceptors (Lipinski definition) is 4. The Labute approximate surface area is 152 Å². The van der Waals surface area contributed by atoms with Crippen molar-refractivity contribution < 1.29 is 14.4 Å². The van der Waals surface area contributed by atoms with Gasteiger partial charge in [-0.3, -0.25) is 0 Å². The molecule has 1 aromatic rings. The van der Waals surface area contributed by atoms with E-state index in [1.165, 1.54) is 5.56 Å². The van der Waals surface area contributed by atoms with E-state index in [0.717, 1.165) is 44.4 Å². The molecule has 1 N–H and O–H groups in total. The van der Waals surface area contributed by atoms with Crippen molar-refractivity contribution in [3.63, 3.8) is 0 Å². The van der Waals surface area contributed by atoms with Crippen molar-refractivity contribution in [1.29, 1.82) is 0 Å². The predicted molar refractivity (Wildman–Crippen MR) is 102 cm³/mol. The molecule has 0 saturated carbocycles. The van der Waals surface area contributed by atoms with E-state index >= 15 is 0 Å². The van der Waals surface area contributed by atoms with Gasteiger partial charge >= 0.3 is 7.12 Å². The molecule has 0 atom stereocenters. The zero-order valence-corrected chi connectivity index (χ0v) is 16.1. The fourth-order valence-electron chi connectivity index (χ4n) is 3.50. The second-order valence-corrected chi connectivity index (χ2v) is 8.55. The minimum absolute atomic E-state index is 0.281. The van der Waals surface area contributed by atoms with Gasteiger partial charge < -0.3 is 19.3 Å². The first-order valence-electron chi connectivity index (χ1n) is 9.58. The van der Waals surface area contributed by atoms with E-state index in [9.17, 15) is 5.11 Å². The quantitative estimate of drug-likeness (QED) is 0.831. The van der Waals surface area contributed by atoms with Crippen LogP contribution >= 0.6 is 0 Å². The Morgan fingerprint density at radius 3 is 2.12 bits per heavy atom. The number of likely N-dealkylation sites (tertiary alicyclic amines) is 1. The van der Waals surface area contributed by atoms with E-state index < -0.39 is 0 Å². The highest BCUT2D eigenvalue weighted by molar-refractivity contribution is 6.62. The summed E-state index contributed by atoms with van der Waals surface area (Å²) in [6.45, 7) is 12.0. The summed E-state index contributed by atoms with van der Waals surface area (Å²) in [5.41, 5.74) is 1.85. The molecule has 2 heterocycles. The van der Waals surface area contributed by atoms with Crippen molar-refractivity contribution in [2.45, 2.75) is 58.2 Å². The highest BCUT2D eigenvalue weighted by Gasteiger charge is 2.51. The van der Waals surface area contributed by atoms with Gasteiger partial charge in [-0.1, -0.05) is 24.3 Å². The maximum Gasteiger partial charge on any atom is 0.494 e. The lowest BCUT2D eigenvalue weighted by Gasteiger charge is -2.32. The second-order valence-electron chi connectivity index (χ2n) is 8.55. The molecular weight excluding hydrogens is 313 g/mol. The first-order valence-corrected chi connectivity index (χ1v) is 9.58. The smallest absolute Gasteiger partial charge is 0.399 e. The lowest BCUT2D eigenvalue weighted by molar-refractivity contribution is 0.00578. The minimum atomic E-state index is -0.295. The number of benzene rings is 1. The highest BCUT2D eigenvalue weighted by Crippen LogP contribution is 2.36. The standard InChI is InChI=1S/C20H32BNO3/c1-19(2)20(3,4)25-21(24-19)18-7-5-16(6-8-18)9-12-22-13-10-17(15-23)11-14-22/h5-8,17,23H,9-15H2,1-4H3. The molecular formula is C20H32BNO3. The van der Waals surface area contributed by atoms with Crippen LogP contribution in [-0.4, -0.2) is 54.6 Å². The maximum absolute atomic E-state index is 9.23. The molecule has 2 aliphatic heterocycles. The third kappa shape index (κ3) is 4.28. The van der Waals surface area contributed by atoms with Gasteiger partial charge in [0.25, 0.3) is 0 Å². The SMILES string of the molecule is CC1(C)OB(c2ccc(CCN3CCC(CO)CC3)cc2)OC1(C)C. The summed E-state index contributed by atoms with van der Waals surface area (Å²) in [5.74, 6) is 0.510. The lowest BCUT2D eigenvalue weighted by Crippen LogP contribution is -2.41. The molecule has 0 spiro atoms. The van der Waals surface area contributed by atoms with Gasteiger partial charge in [0.15, 0.2) is 0 Å². The fourth-order valence-corrected chi connectivity index (χ4v) is 3.50. The number of aliphatic hydroxyl groups excluding tert-OH is 1. The second kappa shape index (κ2) is 7.39. The number of aliphatic hydroxyl groups is 1. The molecule has 2 saturated heterocycles. The van der Waals surface area contributed by atoms with Crippen LogP contribution in [0.5, 0.6) is 0 Å². The van der Waals surface area contributed by atoms with Gasteiger partial charge in [-0.25, -0.2) is 0 Å². The molecule has 5 heteroatoms. The van der Waals surface area contributed by atoms with Crippen LogP contribution in [0.2, 0.25) is 0 Å². The summed E-state index contributed by atoms with van der Waals surface area (Å²) in [7, 11) is -0.281. The van der Waals surface area contributed by atoms with Crippen molar-refractivity contribution in [3.05, 3.63) is 29.8 Å². The average Bonchev–Trinajstić information content (AvgIpc) is 2.82. The van der Waals surface area contributed by atoms with Crippen LogP contribution in [0.25, 0.3) is 0 Å². The molecule has 0 aromatic heterocycles. The third-order valence-electron chi connectivity index (χ3n) is 6.19. The van der Waals surface area contributed by atoms with Gasteiger partial charge in [-0.05, 0) is 77.0 Å². The van der Waals surface area contributed by atoms with E-state index in [-0.39, 0.29) is 18.3 Å². The molecule has 0 radical (unpaired) electrons. The Morgan fingerprint density at radius 1 is 1.04 bits per heavy atom. The molecule has 2 aliphatic rings. The molecule has 4 nitrogen and oxygen atoms in total. The average molecular weight is 345 g/mol. The van der Waals surface area contributed by atoms with Gasteiger partial charge in [0.2, 0.25) is 0 Å². The van der Waals surface area contributed by atoms with Crippen molar-refractivity contribution in [3.8, 4) is 0 Å². The molecule has 0 aliphatic carbocycles. The fraction of sp³-hybridized carbons (Fsp3) is 0.700. The van der Waals surface area contributed by atoms with Crippen LogP contribution in [0.15, 0.2) is 24.3 Å². The first kappa shape index (κ1) is 18.9. The maximum atomic E-state index is 9.23. The lowest BCUT2D eigenvalue weighted by atomic mass is 9.79. The van der Waals surface area contributed by atoms with Crippen molar-refractivity contribution >= 4 is 12.6 Å². The van der Waals surface area contributed by atoms with Crippen molar-refractivity contribution in [2.75, 3.05) is 26.2 Å². The summed E-state index contributed by atoms with van der Waals surface area (Å²) >= 11 is 0. The summed E-state index contributed by atoms with van der Waals surface area (Å²) in [4.78, 5) is 2.51. The molecule has 0 unspecified atom stereocenters. The number of piperidine rings is 1. The highest BCUT2D eigenvalue weighted by atomic mass is 16.7. The summed E-state index contributed by atoms with van der Waals surface area (Å²) < 4.78 is 12.2. The normalized spacial score (nSPS) is 24.0. The Kier molecular flexibility index (Phi) is 5.59. The molecule has 0 bridgehead atoms. The largest absolute Gasteiger partial charge is 0.494 e. The Hall–Kier alpha value is -0.875. The van der Waals surface area contributed by atoms with Crippen LogP contribution in [0.4, 0.5) is 0 Å². The predicted octanol–water partition coefficient (Wildman–Crippen LogP) is 2.23. The van der Waals surface area contributed by atoms with Crippen molar-refractivity contribution in [2.24, 2.45) is 5.92 Å². The monoisotopic (exact) mass is 345 g/mol. The van der Waals surface area contributed by atoms with Crippen LogP contribution in [0, 0.1) is 5.92 Å². The van der Waals surface area contributed by atoms with Crippen molar-refractivity contribution in [1.82, 2.24) is 4.90 Å². The van der Waals surface area contributed by atoms with E-state index in [2.05, 4.69) is 56.9 Å². The first-order chi connectivity index (χ1) is 11.8. The van der Waals surface area contributed by atoms with Crippen LogP contribution in [0.1, 0.15) is 46.1 Å². The number of rotatable bonds is 5. The van der Waals surface area contributed by atoms with Gasteiger partial charge in [-0.2, -0.15) is 0 Å². The number of nitrogens with zero attached hydrogens (tertiary/aromatic N) is 1. The van der Waals surface area contributed by atoms with Gasteiger partial charge in [-0.15, -0.1) is 0 Å². The van der Waals surface area contributed by atoms with Crippen LogP contribution in [0.3, 0.4) is 0 Å². The third-order valence-corrected chi connectivity index (χ3v) is 6.19. The Morgan fingerprint density at radius 2 is 1.60 bits per heavy atom. The van der Waals surface area contributed by atoms with Crippen LogP contribution in [-0.2, 0) is 15.7 Å². The summed E-state index contributed by atoms with van der Waals surface area (Å²) in [6.07, 6.45) is 3.31. The molecule has 3 rings (SSSR count). The topological polar surface area (TPSA) is 41.9 Å². The van der Waals surface area contributed by atoms with Gasteiger partial charge in [0, 0.05) is 13.2 Å². The minimum Gasteiger partial charge on any atom is -0.399 e. The van der Waals surface area contributed by atoms with E-state index in [1.54, 1.807) is 0 Å². The molecule has 0 amide bonds. The summed E-state index contributed by atoms with van der Waals surface area (Å²) in [5, 5.41) is 9.23. The van der Waals surface area contributed by atoms with Crippen LogP contribution < -0.4 is 5.46 Å². The van der Waals surface area contributed by atoms with Gasteiger partial charge in [0.05, 0.1) is 11.2 Å². The zero-order valence-electron chi connectivity index (χ0n) is 16.1. The zero-order chi connectivity index (χ0) is 18.1. The Bertz CT molecular complexity index is 549.